The molecule has 0 radical (unpaired) electrons. The fourth-order valence-corrected chi connectivity index (χ4v) is 11.4. The molecular formula is C36H36NO4PS. The first-order chi connectivity index (χ1) is 21.0. The minimum absolute atomic E-state index is 0.0294. The summed E-state index contributed by atoms with van der Waals surface area (Å²) in [5, 5.41) is 3.93. The average Bonchev–Trinajstić information content (AvgIpc) is 3.06. The van der Waals surface area contributed by atoms with Gasteiger partial charge in [-0.3, -0.25) is 0 Å². The van der Waals surface area contributed by atoms with E-state index in [2.05, 4.69) is 77.5 Å². The van der Waals surface area contributed by atoms with Crippen LogP contribution in [-0.2, 0) is 19.6 Å². The average molecular weight is 610 g/mol. The second-order valence-electron chi connectivity index (χ2n) is 10.4. The van der Waals surface area contributed by atoms with Gasteiger partial charge < -0.3 is 0 Å². The monoisotopic (exact) mass is 609 g/mol. The molecule has 0 aromatic heterocycles. The second kappa shape index (κ2) is 14.4. The molecule has 0 fully saturated rings. The fraction of sp³-hybridized carbons (Fsp3) is 0.139. The Morgan fingerprint density at radius 3 is 1.53 bits per heavy atom. The molecule has 0 unspecified atom stereocenters. The van der Waals surface area contributed by atoms with Crippen LogP contribution in [-0.4, -0.2) is 33.7 Å². The first kappa shape index (κ1) is 30.4. The van der Waals surface area contributed by atoms with Crippen LogP contribution in [0.3, 0.4) is 0 Å². The van der Waals surface area contributed by atoms with Crippen molar-refractivity contribution in [2.45, 2.75) is 17.7 Å². The zero-order valence-corrected chi connectivity index (χ0v) is 25.7. The van der Waals surface area contributed by atoms with Gasteiger partial charge in [-0.2, -0.15) is 0 Å². The molecule has 220 valence electrons. The van der Waals surface area contributed by atoms with E-state index in [4.69, 9.17) is 4.74 Å². The predicted octanol–water partition coefficient (Wildman–Crippen LogP) is 5.68. The summed E-state index contributed by atoms with van der Waals surface area (Å²) in [5.74, 6) is -0.423. The van der Waals surface area contributed by atoms with E-state index in [1.165, 1.54) is 15.9 Å². The van der Waals surface area contributed by atoms with Crippen molar-refractivity contribution in [2.24, 2.45) is 0 Å². The van der Waals surface area contributed by atoms with Crippen LogP contribution in [0.1, 0.15) is 12.8 Å². The molecule has 43 heavy (non-hydrogen) atoms. The van der Waals surface area contributed by atoms with E-state index >= 15 is 0 Å². The van der Waals surface area contributed by atoms with Crippen molar-refractivity contribution in [3.8, 4) is 11.1 Å². The topological polar surface area (TPSA) is 72.5 Å². The van der Waals surface area contributed by atoms with Gasteiger partial charge in [-0.15, -0.1) is 0 Å². The van der Waals surface area contributed by atoms with Crippen molar-refractivity contribution in [1.82, 2.24) is 4.72 Å². The third kappa shape index (κ3) is 7.47. The zero-order valence-electron chi connectivity index (χ0n) is 23.9. The van der Waals surface area contributed by atoms with Crippen molar-refractivity contribution in [3.05, 3.63) is 146 Å². The van der Waals surface area contributed by atoms with Crippen molar-refractivity contribution < 1.29 is 17.9 Å². The SMILES string of the molecule is O=C(CCNS(=O)(=O)c1ccc(-c2ccccc2)cc1)OCCC[PH](c1ccccc1)(c1ccccc1)c1ccccc1. The van der Waals surface area contributed by atoms with Crippen LogP contribution in [0.15, 0.2) is 150 Å². The maximum atomic E-state index is 12.8. The number of rotatable bonds is 13. The Hall–Kier alpha value is -4.09. The van der Waals surface area contributed by atoms with E-state index in [-0.39, 0.29) is 24.5 Å². The van der Waals surface area contributed by atoms with Crippen LogP contribution in [0.25, 0.3) is 11.1 Å². The number of benzene rings is 5. The Balaban J connectivity index is 1.18. The third-order valence-electron chi connectivity index (χ3n) is 7.65. The second-order valence-corrected chi connectivity index (χ2v) is 16.2. The number of nitrogens with one attached hydrogen (secondary N) is 1. The number of ether oxygens (including phenoxy) is 1. The van der Waals surface area contributed by atoms with Crippen molar-refractivity contribution >= 4 is 39.2 Å². The molecule has 5 aromatic rings. The van der Waals surface area contributed by atoms with Gasteiger partial charge in [-0.05, 0) is 11.1 Å². The van der Waals surface area contributed by atoms with Crippen molar-refractivity contribution in [3.63, 3.8) is 0 Å². The van der Waals surface area contributed by atoms with Crippen LogP contribution >= 0.6 is 7.26 Å². The van der Waals surface area contributed by atoms with Gasteiger partial charge in [-0.1, -0.05) is 30.3 Å². The summed E-state index contributed by atoms with van der Waals surface area (Å²) in [7, 11) is -6.14. The number of hydrogen-bond donors (Lipinski definition) is 1. The normalized spacial score (nSPS) is 12.0. The van der Waals surface area contributed by atoms with E-state index in [0.717, 1.165) is 17.3 Å². The molecule has 0 aliphatic rings. The van der Waals surface area contributed by atoms with Gasteiger partial charge >= 0.3 is 214 Å². The summed E-state index contributed by atoms with van der Waals surface area (Å²) in [6.07, 6.45) is 1.51. The Morgan fingerprint density at radius 1 is 0.605 bits per heavy atom. The van der Waals surface area contributed by atoms with Gasteiger partial charge in [0, 0.05) is 0 Å². The molecule has 7 heteroatoms. The molecule has 0 bridgehead atoms. The quantitative estimate of drug-likeness (QED) is 0.106. The molecule has 0 spiro atoms. The molecule has 0 aliphatic carbocycles. The summed E-state index contributed by atoms with van der Waals surface area (Å²) in [5.41, 5.74) is 1.94. The van der Waals surface area contributed by atoms with Crippen LogP contribution < -0.4 is 20.6 Å². The standard InChI is InChI=1S/C36H36NO4PS/c38-36(26-27-37-43(39,40)35-24-22-31(23-25-35)30-14-5-1-6-15-30)41-28-13-29-42(32-16-7-2-8-17-32,33-18-9-3-10-19-33)34-20-11-4-12-21-34/h1-12,14-25,37,42H,13,26-29H2. The van der Waals surface area contributed by atoms with E-state index in [0.29, 0.717) is 6.42 Å². The third-order valence-corrected chi connectivity index (χ3v) is 14.2. The summed E-state index contributed by atoms with van der Waals surface area (Å²) >= 11 is 0. The van der Waals surface area contributed by atoms with E-state index in [1.54, 1.807) is 24.3 Å². The number of sulfonamides is 1. The van der Waals surface area contributed by atoms with Gasteiger partial charge in [0.2, 0.25) is 0 Å². The minimum atomic E-state index is -3.74. The summed E-state index contributed by atoms with van der Waals surface area (Å²) in [4.78, 5) is 12.7. The molecule has 5 rings (SSSR count). The van der Waals surface area contributed by atoms with Crippen LogP contribution in [0.2, 0.25) is 0 Å². The Labute approximate surface area is 255 Å². The van der Waals surface area contributed by atoms with Gasteiger partial charge in [0.05, 0.1) is 0 Å². The van der Waals surface area contributed by atoms with Crippen LogP contribution in [0.5, 0.6) is 0 Å². The molecule has 1 N–H and O–H groups in total. The van der Waals surface area contributed by atoms with Gasteiger partial charge in [0.25, 0.3) is 0 Å². The van der Waals surface area contributed by atoms with Crippen molar-refractivity contribution in [1.29, 1.82) is 0 Å². The van der Waals surface area contributed by atoms with Crippen molar-refractivity contribution in [2.75, 3.05) is 19.3 Å². The Morgan fingerprint density at radius 2 is 1.05 bits per heavy atom. The molecule has 0 aliphatic heterocycles. The Bertz CT molecular complexity index is 1600. The van der Waals surface area contributed by atoms with E-state index in [1.807, 2.05) is 48.5 Å². The number of esters is 1. The summed E-state index contributed by atoms with van der Waals surface area (Å²) < 4.78 is 33.7. The molecule has 5 nitrogen and oxygen atoms in total. The van der Waals surface area contributed by atoms with E-state index < -0.39 is 23.3 Å². The van der Waals surface area contributed by atoms with Gasteiger partial charge in [-0.25, -0.2) is 0 Å². The van der Waals surface area contributed by atoms with Crippen LogP contribution in [0.4, 0.5) is 0 Å². The maximum absolute atomic E-state index is 12.8. The zero-order chi connectivity index (χ0) is 30.0. The predicted molar refractivity (Wildman–Crippen MR) is 179 cm³/mol. The molecule has 5 aromatic carbocycles. The van der Waals surface area contributed by atoms with Crippen LogP contribution in [0, 0.1) is 0 Å². The molecule has 0 heterocycles. The molecule has 0 saturated heterocycles. The molecule has 0 atom stereocenters. The van der Waals surface area contributed by atoms with Gasteiger partial charge in [0.1, 0.15) is 0 Å². The summed E-state index contributed by atoms with van der Waals surface area (Å²) in [6, 6.07) is 48.3. The molecular weight excluding hydrogens is 573 g/mol. The first-order valence-corrected chi connectivity index (χ1v) is 18.2. The number of hydrogen-bond acceptors (Lipinski definition) is 4. The molecule has 0 amide bonds. The number of carbonyl (C=O) groups excluding carboxylic acids is 1. The first-order valence-electron chi connectivity index (χ1n) is 14.5. The molecule has 0 saturated carbocycles. The van der Waals surface area contributed by atoms with Gasteiger partial charge in [0.15, 0.2) is 0 Å². The number of carbonyl (C=O) groups is 1. The van der Waals surface area contributed by atoms with E-state index in [9.17, 15) is 13.2 Å². The fourth-order valence-electron chi connectivity index (χ4n) is 5.52. The summed E-state index contributed by atoms with van der Waals surface area (Å²) in [6.45, 7) is 0.242. The Kier molecular flexibility index (Phi) is 10.2.